The van der Waals surface area contributed by atoms with E-state index in [4.69, 9.17) is 5.73 Å². The molecule has 2 N–H and O–H groups in total. The molecule has 0 aromatic carbocycles. The largest absolute Gasteiger partial charge is 0.340 e. The fourth-order valence-electron chi connectivity index (χ4n) is 2.25. The summed E-state index contributed by atoms with van der Waals surface area (Å²) in [5.74, 6) is -0.220. The predicted molar refractivity (Wildman–Crippen MR) is 53.6 cm³/mol. The van der Waals surface area contributed by atoms with Gasteiger partial charge in [-0.15, -0.1) is 0 Å². The van der Waals surface area contributed by atoms with E-state index in [-0.39, 0.29) is 12.5 Å². The van der Waals surface area contributed by atoms with Gasteiger partial charge in [-0.1, -0.05) is 12.8 Å². The number of hydrogen-bond acceptors (Lipinski definition) is 2. The lowest BCUT2D eigenvalue weighted by Crippen LogP contribution is -2.46. The molecule has 0 aromatic heterocycles. The Morgan fingerprint density at radius 1 is 1.47 bits per heavy atom. The molecule has 1 fully saturated rings. The van der Waals surface area contributed by atoms with Crippen LogP contribution < -0.4 is 5.73 Å². The number of nitrogens with zero attached hydrogens (tertiary/aromatic N) is 1. The highest BCUT2D eigenvalue weighted by Gasteiger charge is 2.41. The molecule has 1 amide bonds. The van der Waals surface area contributed by atoms with Crippen molar-refractivity contribution in [3.8, 4) is 0 Å². The van der Waals surface area contributed by atoms with Crippen LogP contribution in [0.2, 0.25) is 0 Å². The van der Waals surface area contributed by atoms with Gasteiger partial charge in [0.15, 0.2) is 0 Å². The average Bonchev–Trinajstić information content (AvgIpc) is 2.65. The van der Waals surface area contributed by atoms with Crippen LogP contribution >= 0.6 is 0 Å². The first kappa shape index (κ1) is 12.4. The number of nitrogens with two attached hydrogens (primary N) is 1. The fourth-order valence-corrected chi connectivity index (χ4v) is 2.25. The van der Waals surface area contributed by atoms with E-state index in [1.54, 1.807) is 0 Å². The van der Waals surface area contributed by atoms with Gasteiger partial charge >= 0.3 is 0 Å². The number of carbonyl (C=O) groups is 1. The lowest BCUT2D eigenvalue weighted by Gasteiger charge is -2.31. The van der Waals surface area contributed by atoms with Crippen LogP contribution in [0.4, 0.5) is 8.78 Å². The standard InChI is InChI=1S/C10H18F2N2O/c1-14(6-8(11)12)9(15)10(7-13)4-2-3-5-10/h8H,2-7,13H2,1H3. The van der Waals surface area contributed by atoms with Crippen molar-refractivity contribution in [3.63, 3.8) is 0 Å². The summed E-state index contributed by atoms with van der Waals surface area (Å²) in [7, 11) is 1.42. The highest BCUT2D eigenvalue weighted by Crippen LogP contribution is 2.38. The van der Waals surface area contributed by atoms with Crippen molar-refractivity contribution in [1.29, 1.82) is 0 Å². The summed E-state index contributed by atoms with van der Waals surface area (Å²) in [4.78, 5) is 13.1. The Hall–Kier alpha value is -0.710. The molecule has 5 heteroatoms. The maximum absolute atomic E-state index is 12.1. The average molecular weight is 220 g/mol. The molecular formula is C10H18F2N2O. The van der Waals surface area contributed by atoms with E-state index in [1.165, 1.54) is 7.05 Å². The molecule has 3 nitrogen and oxygen atoms in total. The van der Waals surface area contributed by atoms with Gasteiger partial charge in [0, 0.05) is 13.6 Å². The Kier molecular flexibility index (Phi) is 4.02. The molecule has 0 heterocycles. The third-order valence-electron chi connectivity index (χ3n) is 3.16. The zero-order valence-corrected chi connectivity index (χ0v) is 9.01. The minimum Gasteiger partial charge on any atom is -0.340 e. The Morgan fingerprint density at radius 2 is 2.00 bits per heavy atom. The van der Waals surface area contributed by atoms with Crippen LogP contribution in [0.5, 0.6) is 0 Å². The van der Waals surface area contributed by atoms with E-state index in [9.17, 15) is 13.6 Å². The van der Waals surface area contributed by atoms with Gasteiger partial charge in [-0.3, -0.25) is 4.79 Å². The first-order valence-electron chi connectivity index (χ1n) is 5.25. The maximum atomic E-state index is 12.1. The van der Waals surface area contributed by atoms with Crippen LogP contribution in [0, 0.1) is 5.41 Å². The van der Waals surface area contributed by atoms with E-state index in [0.717, 1.165) is 30.6 Å². The van der Waals surface area contributed by atoms with E-state index < -0.39 is 18.4 Å². The Balaban J connectivity index is 2.64. The maximum Gasteiger partial charge on any atom is 0.255 e. The predicted octanol–water partition coefficient (Wildman–Crippen LogP) is 1.23. The number of halogens is 2. The van der Waals surface area contributed by atoms with Crippen molar-refractivity contribution in [3.05, 3.63) is 0 Å². The number of amides is 1. The van der Waals surface area contributed by atoms with E-state index in [1.807, 2.05) is 0 Å². The molecule has 1 aliphatic rings. The zero-order chi connectivity index (χ0) is 11.5. The first-order valence-corrected chi connectivity index (χ1v) is 5.25. The van der Waals surface area contributed by atoms with Crippen LogP contribution in [0.1, 0.15) is 25.7 Å². The highest BCUT2D eigenvalue weighted by molar-refractivity contribution is 5.83. The van der Waals surface area contributed by atoms with Crippen molar-refractivity contribution in [2.24, 2.45) is 11.1 Å². The van der Waals surface area contributed by atoms with Gasteiger partial charge in [-0.2, -0.15) is 0 Å². The third-order valence-corrected chi connectivity index (χ3v) is 3.16. The van der Waals surface area contributed by atoms with E-state index >= 15 is 0 Å². The topological polar surface area (TPSA) is 46.3 Å². The lowest BCUT2D eigenvalue weighted by molar-refractivity contribution is -0.141. The van der Waals surface area contributed by atoms with E-state index in [0.29, 0.717) is 0 Å². The summed E-state index contributed by atoms with van der Waals surface area (Å²) in [5, 5.41) is 0. The highest BCUT2D eigenvalue weighted by atomic mass is 19.3. The molecule has 0 saturated heterocycles. The van der Waals surface area contributed by atoms with Gasteiger partial charge in [0.2, 0.25) is 5.91 Å². The number of rotatable bonds is 4. The van der Waals surface area contributed by atoms with Crippen LogP contribution in [0.25, 0.3) is 0 Å². The second kappa shape index (κ2) is 4.88. The molecule has 88 valence electrons. The summed E-state index contributed by atoms with van der Waals surface area (Å²) in [6, 6.07) is 0. The van der Waals surface area contributed by atoms with Gasteiger partial charge in [-0.05, 0) is 12.8 Å². The molecular weight excluding hydrogens is 202 g/mol. The van der Waals surface area contributed by atoms with Gasteiger partial charge in [-0.25, -0.2) is 8.78 Å². The van der Waals surface area contributed by atoms with Crippen molar-refractivity contribution in [2.75, 3.05) is 20.1 Å². The Labute approximate surface area is 88.6 Å². The minimum absolute atomic E-state index is 0.220. The molecule has 0 unspecified atom stereocenters. The number of carbonyl (C=O) groups excluding carboxylic acids is 1. The van der Waals surface area contributed by atoms with Gasteiger partial charge < -0.3 is 10.6 Å². The normalized spacial score (nSPS) is 19.5. The van der Waals surface area contributed by atoms with Gasteiger partial charge in [0.1, 0.15) is 0 Å². The van der Waals surface area contributed by atoms with Crippen LogP contribution in [0.15, 0.2) is 0 Å². The summed E-state index contributed by atoms with van der Waals surface area (Å²) in [6.45, 7) is -0.236. The third kappa shape index (κ3) is 2.65. The molecule has 0 bridgehead atoms. The summed E-state index contributed by atoms with van der Waals surface area (Å²) in [5.41, 5.74) is 5.04. The van der Waals surface area contributed by atoms with Crippen LogP contribution in [0.3, 0.4) is 0 Å². The number of alkyl halides is 2. The first-order chi connectivity index (χ1) is 7.02. The number of hydrogen-bond donors (Lipinski definition) is 1. The molecule has 1 saturated carbocycles. The molecule has 1 aliphatic carbocycles. The zero-order valence-electron chi connectivity index (χ0n) is 9.01. The second-order valence-corrected chi connectivity index (χ2v) is 4.27. The molecule has 0 radical (unpaired) electrons. The summed E-state index contributed by atoms with van der Waals surface area (Å²) >= 11 is 0. The van der Waals surface area contributed by atoms with Crippen molar-refractivity contribution in [1.82, 2.24) is 4.90 Å². The van der Waals surface area contributed by atoms with Crippen molar-refractivity contribution < 1.29 is 13.6 Å². The SMILES string of the molecule is CN(CC(F)F)C(=O)C1(CN)CCCC1. The molecule has 0 aromatic rings. The lowest BCUT2D eigenvalue weighted by atomic mass is 9.85. The molecule has 0 spiro atoms. The summed E-state index contributed by atoms with van der Waals surface area (Å²) < 4.78 is 24.3. The minimum atomic E-state index is -2.48. The smallest absolute Gasteiger partial charge is 0.255 e. The van der Waals surface area contributed by atoms with Gasteiger partial charge in [0.25, 0.3) is 6.43 Å². The Morgan fingerprint density at radius 3 is 2.40 bits per heavy atom. The molecule has 1 rings (SSSR count). The monoisotopic (exact) mass is 220 g/mol. The quantitative estimate of drug-likeness (QED) is 0.774. The molecule has 0 aliphatic heterocycles. The summed E-state index contributed by atoms with van der Waals surface area (Å²) in [6.07, 6.45) is 0.915. The molecule has 15 heavy (non-hydrogen) atoms. The van der Waals surface area contributed by atoms with Crippen LogP contribution in [-0.4, -0.2) is 37.4 Å². The van der Waals surface area contributed by atoms with E-state index in [2.05, 4.69) is 0 Å². The second-order valence-electron chi connectivity index (χ2n) is 4.27. The Bertz CT molecular complexity index is 227. The van der Waals surface area contributed by atoms with Crippen LogP contribution in [-0.2, 0) is 4.79 Å². The van der Waals surface area contributed by atoms with Crippen molar-refractivity contribution in [2.45, 2.75) is 32.1 Å². The van der Waals surface area contributed by atoms with Gasteiger partial charge in [0.05, 0.1) is 12.0 Å². The molecule has 0 atom stereocenters. The fraction of sp³-hybridized carbons (Fsp3) is 0.900. The van der Waals surface area contributed by atoms with Crippen molar-refractivity contribution >= 4 is 5.91 Å².